The molecular formula is C24H27BrO6. The van der Waals surface area contributed by atoms with E-state index in [4.69, 9.17) is 14.2 Å². The molecule has 0 aromatic heterocycles. The molecule has 1 aromatic rings. The molecule has 0 amide bonds. The summed E-state index contributed by atoms with van der Waals surface area (Å²) in [6, 6.07) is 7.74. The second kappa shape index (κ2) is 12.2. The minimum atomic E-state index is -0.474. The molecule has 0 saturated heterocycles. The zero-order valence-electron chi connectivity index (χ0n) is 17.9. The molecule has 0 heterocycles. The van der Waals surface area contributed by atoms with Gasteiger partial charge < -0.3 is 14.2 Å². The van der Waals surface area contributed by atoms with Gasteiger partial charge in [0.2, 0.25) is 0 Å². The largest absolute Gasteiger partial charge is 0.466 e. The van der Waals surface area contributed by atoms with Gasteiger partial charge in [-0.15, -0.1) is 0 Å². The fourth-order valence-electron chi connectivity index (χ4n) is 3.57. The average Bonchev–Trinajstić information content (AvgIpc) is 2.76. The van der Waals surface area contributed by atoms with E-state index in [1.165, 1.54) is 19.3 Å². The molecule has 0 unspecified atom stereocenters. The van der Waals surface area contributed by atoms with Gasteiger partial charge in [0.15, 0.2) is 0 Å². The van der Waals surface area contributed by atoms with Crippen LogP contribution in [0.4, 0.5) is 0 Å². The van der Waals surface area contributed by atoms with E-state index in [9.17, 15) is 14.4 Å². The number of esters is 3. The topological polar surface area (TPSA) is 78.9 Å². The van der Waals surface area contributed by atoms with Crippen LogP contribution in [-0.2, 0) is 28.6 Å². The third-order valence-corrected chi connectivity index (χ3v) is 5.67. The number of ether oxygens (including phenoxy) is 3. The Bertz CT molecular complexity index is 886. The molecule has 2 rings (SSSR count). The van der Waals surface area contributed by atoms with Crippen molar-refractivity contribution < 1.29 is 28.6 Å². The molecule has 1 aromatic carbocycles. The van der Waals surface area contributed by atoms with Gasteiger partial charge in [-0.1, -0.05) is 52.4 Å². The summed E-state index contributed by atoms with van der Waals surface area (Å²) in [6.07, 6.45) is 8.56. The minimum Gasteiger partial charge on any atom is -0.466 e. The highest BCUT2D eigenvalue weighted by molar-refractivity contribution is 9.10. The van der Waals surface area contributed by atoms with Crippen LogP contribution in [0.2, 0.25) is 0 Å². The second-order valence-electron chi connectivity index (χ2n) is 6.89. The Morgan fingerprint density at radius 3 is 2.23 bits per heavy atom. The van der Waals surface area contributed by atoms with Gasteiger partial charge in [-0.3, -0.25) is 0 Å². The molecule has 6 nitrogen and oxygen atoms in total. The lowest BCUT2D eigenvalue weighted by Gasteiger charge is -2.32. The first-order valence-corrected chi connectivity index (χ1v) is 10.9. The Labute approximate surface area is 191 Å². The molecule has 0 spiro atoms. The number of hydrogen-bond donors (Lipinski definition) is 0. The van der Waals surface area contributed by atoms with Crippen LogP contribution in [0.25, 0.3) is 0 Å². The Morgan fingerprint density at radius 2 is 1.65 bits per heavy atom. The standard InChI is InChI=1S/C24H27BrO6/c1-4-30-22(26)12-10-16-14-17(11-13-23(27)31-5-2)20(24(28)29-3)15-19(16)18-8-6-7-9-21(18)25/h6-13,15-17,19H,4-5,14H2,1-3H3/b12-10+,13-11+/t16-,17+,19+/m1/s1. The highest BCUT2D eigenvalue weighted by Crippen LogP contribution is 2.43. The monoisotopic (exact) mass is 490 g/mol. The van der Waals surface area contributed by atoms with Crippen LogP contribution >= 0.6 is 15.9 Å². The Hall–Kier alpha value is -2.67. The number of carbonyl (C=O) groups excluding carboxylic acids is 3. The Balaban J connectivity index is 2.49. The van der Waals surface area contributed by atoms with Crippen molar-refractivity contribution in [3.63, 3.8) is 0 Å². The van der Waals surface area contributed by atoms with Gasteiger partial charge in [-0.05, 0) is 37.8 Å². The number of rotatable bonds is 8. The van der Waals surface area contributed by atoms with E-state index < -0.39 is 17.9 Å². The Morgan fingerprint density at radius 1 is 1.03 bits per heavy atom. The van der Waals surface area contributed by atoms with Gasteiger partial charge >= 0.3 is 17.9 Å². The highest BCUT2D eigenvalue weighted by atomic mass is 79.9. The average molecular weight is 491 g/mol. The zero-order chi connectivity index (χ0) is 22.8. The molecule has 1 aliphatic carbocycles. The summed E-state index contributed by atoms with van der Waals surface area (Å²) in [7, 11) is 1.33. The molecule has 0 bridgehead atoms. The van der Waals surface area contributed by atoms with Crippen molar-refractivity contribution in [1.82, 2.24) is 0 Å². The number of hydrogen-bond acceptors (Lipinski definition) is 6. The molecule has 0 aliphatic heterocycles. The van der Waals surface area contributed by atoms with E-state index in [2.05, 4.69) is 15.9 Å². The summed E-state index contributed by atoms with van der Waals surface area (Å²) in [5.74, 6) is -2.01. The molecule has 7 heteroatoms. The lowest BCUT2D eigenvalue weighted by atomic mass is 9.72. The Kier molecular flexibility index (Phi) is 9.72. The summed E-state index contributed by atoms with van der Waals surface area (Å²) in [5.41, 5.74) is 1.44. The normalized spacial score (nSPS) is 21.0. The quantitative estimate of drug-likeness (QED) is 0.303. The van der Waals surface area contributed by atoms with Gasteiger partial charge in [0, 0.05) is 34.0 Å². The summed E-state index contributed by atoms with van der Waals surface area (Å²) in [4.78, 5) is 36.2. The highest BCUT2D eigenvalue weighted by Gasteiger charge is 2.34. The van der Waals surface area contributed by atoms with E-state index in [0.717, 1.165) is 10.0 Å². The number of halogens is 1. The third-order valence-electron chi connectivity index (χ3n) is 4.95. The minimum absolute atomic E-state index is 0.117. The molecular weight excluding hydrogens is 464 g/mol. The number of benzene rings is 1. The first kappa shape index (κ1) is 24.6. The maximum Gasteiger partial charge on any atom is 0.334 e. The molecule has 3 atom stereocenters. The molecule has 0 fully saturated rings. The van der Waals surface area contributed by atoms with Crippen LogP contribution in [0.15, 0.2) is 64.7 Å². The predicted molar refractivity (Wildman–Crippen MR) is 120 cm³/mol. The van der Waals surface area contributed by atoms with Gasteiger partial charge in [0.25, 0.3) is 0 Å². The molecule has 0 N–H and O–H groups in total. The maximum atomic E-state index is 12.5. The van der Waals surface area contributed by atoms with Crippen molar-refractivity contribution in [2.24, 2.45) is 11.8 Å². The molecule has 31 heavy (non-hydrogen) atoms. The van der Waals surface area contributed by atoms with Crippen LogP contribution < -0.4 is 0 Å². The van der Waals surface area contributed by atoms with Crippen molar-refractivity contribution in [3.05, 3.63) is 70.3 Å². The van der Waals surface area contributed by atoms with Crippen molar-refractivity contribution in [1.29, 1.82) is 0 Å². The van der Waals surface area contributed by atoms with Crippen LogP contribution in [0, 0.1) is 11.8 Å². The summed E-state index contributed by atoms with van der Waals surface area (Å²) < 4.78 is 15.9. The van der Waals surface area contributed by atoms with E-state index in [1.807, 2.05) is 30.3 Å². The van der Waals surface area contributed by atoms with Crippen molar-refractivity contribution in [3.8, 4) is 0 Å². The third kappa shape index (κ3) is 6.92. The van der Waals surface area contributed by atoms with E-state index in [1.54, 1.807) is 26.0 Å². The van der Waals surface area contributed by atoms with Crippen LogP contribution in [-0.4, -0.2) is 38.2 Å². The van der Waals surface area contributed by atoms with Gasteiger partial charge in [0.05, 0.1) is 20.3 Å². The van der Waals surface area contributed by atoms with Crippen LogP contribution in [0.1, 0.15) is 31.7 Å². The lowest BCUT2D eigenvalue weighted by Crippen LogP contribution is -2.26. The van der Waals surface area contributed by atoms with Crippen LogP contribution in [0.5, 0.6) is 0 Å². The smallest absolute Gasteiger partial charge is 0.334 e. The summed E-state index contributed by atoms with van der Waals surface area (Å²) >= 11 is 3.58. The molecule has 0 saturated carbocycles. The number of methoxy groups -OCH3 is 1. The first-order valence-electron chi connectivity index (χ1n) is 10.2. The van der Waals surface area contributed by atoms with Crippen LogP contribution in [0.3, 0.4) is 0 Å². The second-order valence-corrected chi connectivity index (χ2v) is 7.74. The molecule has 166 valence electrons. The maximum absolute atomic E-state index is 12.5. The van der Waals surface area contributed by atoms with Gasteiger partial charge in [-0.2, -0.15) is 0 Å². The fourth-order valence-corrected chi connectivity index (χ4v) is 4.12. The lowest BCUT2D eigenvalue weighted by molar-refractivity contribution is -0.138. The SMILES string of the molecule is CCOC(=O)/C=C/[C@@H]1C[C@H](/C=C/C(=O)OCC)C(C(=O)OC)=C[C@@H]1c1ccccc1Br. The summed E-state index contributed by atoms with van der Waals surface area (Å²) in [5, 5.41) is 0. The van der Waals surface area contributed by atoms with Crippen molar-refractivity contribution in [2.75, 3.05) is 20.3 Å². The van der Waals surface area contributed by atoms with E-state index in [-0.39, 0.29) is 24.4 Å². The van der Waals surface area contributed by atoms with Gasteiger partial charge in [-0.25, -0.2) is 14.4 Å². The zero-order valence-corrected chi connectivity index (χ0v) is 19.5. The molecule has 1 aliphatic rings. The first-order chi connectivity index (χ1) is 14.9. The molecule has 0 radical (unpaired) electrons. The van der Waals surface area contributed by atoms with Gasteiger partial charge in [0.1, 0.15) is 0 Å². The van der Waals surface area contributed by atoms with Crippen molar-refractivity contribution in [2.45, 2.75) is 26.2 Å². The fraction of sp³-hybridized carbons (Fsp3) is 0.375. The summed E-state index contributed by atoms with van der Waals surface area (Å²) in [6.45, 7) is 4.03. The predicted octanol–water partition coefficient (Wildman–Crippen LogP) is 4.51. The van der Waals surface area contributed by atoms with Crippen molar-refractivity contribution >= 4 is 33.8 Å². The van der Waals surface area contributed by atoms with E-state index >= 15 is 0 Å². The van der Waals surface area contributed by atoms with E-state index in [0.29, 0.717) is 18.6 Å². The number of allylic oxidation sites excluding steroid dienone is 3. The number of carbonyl (C=O) groups is 3.